The Balaban J connectivity index is 1.60. The summed E-state index contributed by atoms with van der Waals surface area (Å²) in [6, 6.07) is 5.96. The Labute approximate surface area is 147 Å². The van der Waals surface area contributed by atoms with Crippen molar-refractivity contribution in [2.24, 2.45) is 5.92 Å². The lowest BCUT2D eigenvalue weighted by molar-refractivity contribution is 0.0759. The van der Waals surface area contributed by atoms with Crippen LogP contribution in [0.15, 0.2) is 30.6 Å². The minimum Gasteiger partial charge on any atom is -0.332 e. The van der Waals surface area contributed by atoms with Crippen molar-refractivity contribution in [3.63, 3.8) is 0 Å². The minimum atomic E-state index is 0.109. The second-order valence-corrected chi connectivity index (χ2v) is 7.21. The molecule has 2 aromatic heterocycles. The van der Waals surface area contributed by atoms with E-state index in [4.69, 9.17) is 4.98 Å². The SMILES string of the molecule is CC(C)CN1Cc2nc([C@@H]3CCCN3c3ncccn3)ccc2C1=O. The third-order valence-corrected chi connectivity index (χ3v) is 4.84. The molecule has 0 spiro atoms. The molecule has 25 heavy (non-hydrogen) atoms. The van der Waals surface area contributed by atoms with E-state index < -0.39 is 0 Å². The second kappa shape index (κ2) is 6.43. The summed E-state index contributed by atoms with van der Waals surface area (Å²) in [7, 11) is 0. The molecule has 0 aliphatic carbocycles. The molecular formula is C19H23N5O. The molecule has 0 aromatic carbocycles. The zero-order valence-electron chi connectivity index (χ0n) is 14.7. The van der Waals surface area contributed by atoms with E-state index >= 15 is 0 Å². The lowest BCUT2D eigenvalue weighted by Gasteiger charge is -2.24. The van der Waals surface area contributed by atoms with Crippen molar-refractivity contribution in [2.75, 3.05) is 18.0 Å². The molecule has 130 valence electrons. The average Bonchev–Trinajstić information content (AvgIpc) is 3.21. The number of aromatic nitrogens is 3. The van der Waals surface area contributed by atoms with Gasteiger partial charge >= 0.3 is 0 Å². The van der Waals surface area contributed by atoms with Crippen molar-refractivity contribution >= 4 is 11.9 Å². The topological polar surface area (TPSA) is 62.2 Å². The molecule has 4 rings (SSSR count). The highest BCUT2D eigenvalue weighted by Gasteiger charge is 2.33. The maximum atomic E-state index is 12.5. The van der Waals surface area contributed by atoms with Crippen LogP contribution in [0, 0.1) is 5.92 Å². The molecule has 1 fully saturated rings. The zero-order valence-corrected chi connectivity index (χ0v) is 14.7. The van der Waals surface area contributed by atoms with Gasteiger partial charge in [-0.15, -0.1) is 0 Å². The lowest BCUT2D eigenvalue weighted by atomic mass is 10.1. The van der Waals surface area contributed by atoms with Gasteiger partial charge in [-0.25, -0.2) is 9.97 Å². The van der Waals surface area contributed by atoms with E-state index in [1.54, 1.807) is 12.4 Å². The van der Waals surface area contributed by atoms with Gasteiger partial charge in [0.1, 0.15) is 0 Å². The Bertz CT molecular complexity index is 777. The number of amides is 1. The van der Waals surface area contributed by atoms with Gasteiger partial charge in [0.05, 0.1) is 29.5 Å². The number of hydrogen-bond acceptors (Lipinski definition) is 5. The minimum absolute atomic E-state index is 0.109. The number of carbonyl (C=O) groups excluding carboxylic acids is 1. The molecule has 1 saturated heterocycles. The lowest BCUT2D eigenvalue weighted by Crippen LogP contribution is -2.27. The number of carbonyl (C=O) groups is 1. The molecule has 2 aliphatic heterocycles. The maximum absolute atomic E-state index is 12.5. The third-order valence-electron chi connectivity index (χ3n) is 4.84. The van der Waals surface area contributed by atoms with Crippen molar-refractivity contribution in [2.45, 2.75) is 39.3 Å². The van der Waals surface area contributed by atoms with Crippen LogP contribution in [0.3, 0.4) is 0 Å². The zero-order chi connectivity index (χ0) is 17.4. The van der Waals surface area contributed by atoms with Crippen LogP contribution in [0.25, 0.3) is 0 Å². The number of fused-ring (bicyclic) bond motifs is 1. The highest BCUT2D eigenvalue weighted by atomic mass is 16.2. The molecule has 6 nitrogen and oxygen atoms in total. The van der Waals surface area contributed by atoms with Crippen LogP contribution in [0.1, 0.15) is 54.5 Å². The number of nitrogens with zero attached hydrogens (tertiary/aromatic N) is 5. The van der Waals surface area contributed by atoms with E-state index in [9.17, 15) is 4.79 Å². The van der Waals surface area contributed by atoms with E-state index in [-0.39, 0.29) is 11.9 Å². The first-order chi connectivity index (χ1) is 12.1. The molecule has 1 amide bonds. The fourth-order valence-electron chi connectivity index (χ4n) is 3.78. The average molecular weight is 337 g/mol. The monoisotopic (exact) mass is 337 g/mol. The Morgan fingerprint density at radius 1 is 1.24 bits per heavy atom. The van der Waals surface area contributed by atoms with Crippen LogP contribution in [0.2, 0.25) is 0 Å². The Kier molecular flexibility index (Phi) is 4.11. The first kappa shape index (κ1) is 16.0. The summed E-state index contributed by atoms with van der Waals surface area (Å²) < 4.78 is 0. The molecule has 0 unspecified atom stereocenters. The largest absolute Gasteiger partial charge is 0.332 e. The molecule has 0 bridgehead atoms. The van der Waals surface area contributed by atoms with Gasteiger partial charge in [0.15, 0.2) is 0 Å². The number of hydrogen-bond donors (Lipinski definition) is 0. The fourth-order valence-corrected chi connectivity index (χ4v) is 3.78. The first-order valence-corrected chi connectivity index (χ1v) is 8.96. The smallest absolute Gasteiger partial charge is 0.256 e. The van der Waals surface area contributed by atoms with Crippen molar-refractivity contribution < 1.29 is 4.79 Å². The quantitative estimate of drug-likeness (QED) is 0.858. The van der Waals surface area contributed by atoms with Crippen LogP contribution in [-0.4, -0.2) is 38.8 Å². The van der Waals surface area contributed by atoms with Crippen molar-refractivity contribution in [3.8, 4) is 0 Å². The molecule has 0 N–H and O–H groups in total. The van der Waals surface area contributed by atoms with Gasteiger partial charge in [-0.05, 0) is 37.0 Å². The summed E-state index contributed by atoms with van der Waals surface area (Å²) in [6.07, 6.45) is 5.68. The Hall–Kier alpha value is -2.50. The van der Waals surface area contributed by atoms with Crippen molar-refractivity contribution in [3.05, 3.63) is 47.5 Å². The second-order valence-electron chi connectivity index (χ2n) is 7.21. The van der Waals surface area contributed by atoms with Gasteiger partial charge in [0.25, 0.3) is 5.91 Å². The van der Waals surface area contributed by atoms with E-state index in [1.165, 1.54) is 0 Å². The van der Waals surface area contributed by atoms with Gasteiger partial charge in [0.2, 0.25) is 5.95 Å². The van der Waals surface area contributed by atoms with Crippen molar-refractivity contribution in [1.82, 2.24) is 19.9 Å². The normalized spacial score (nSPS) is 19.8. The molecule has 0 radical (unpaired) electrons. The predicted octanol–water partition coefficient (Wildman–Crippen LogP) is 2.82. The number of pyridine rings is 1. The molecule has 4 heterocycles. The Morgan fingerprint density at radius 3 is 2.80 bits per heavy atom. The fraction of sp³-hybridized carbons (Fsp3) is 0.474. The van der Waals surface area contributed by atoms with Gasteiger partial charge in [-0.1, -0.05) is 13.8 Å². The predicted molar refractivity (Wildman–Crippen MR) is 95.2 cm³/mol. The summed E-state index contributed by atoms with van der Waals surface area (Å²) in [6.45, 7) is 6.59. The van der Waals surface area contributed by atoms with Crippen molar-refractivity contribution in [1.29, 1.82) is 0 Å². The summed E-state index contributed by atoms with van der Waals surface area (Å²) in [5.41, 5.74) is 2.68. The van der Waals surface area contributed by atoms with E-state index in [1.807, 2.05) is 23.1 Å². The van der Waals surface area contributed by atoms with Gasteiger partial charge in [-0.3, -0.25) is 9.78 Å². The van der Waals surface area contributed by atoms with Crippen LogP contribution in [-0.2, 0) is 6.54 Å². The summed E-state index contributed by atoms with van der Waals surface area (Å²) in [5.74, 6) is 1.32. The van der Waals surface area contributed by atoms with E-state index in [0.717, 1.165) is 48.8 Å². The van der Waals surface area contributed by atoms with Crippen LogP contribution < -0.4 is 4.90 Å². The van der Waals surface area contributed by atoms with E-state index in [2.05, 4.69) is 28.7 Å². The third kappa shape index (κ3) is 2.97. The van der Waals surface area contributed by atoms with E-state index in [0.29, 0.717) is 12.5 Å². The molecular weight excluding hydrogens is 314 g/mol. The maximum Gasteiger partial charge on any atom is 0.256 e. The molecule has 1 atom stereocenters. The van der Waals surface area contributed by atoms with Gasteiger partial charge in [-0.2, -0.15) is 0 Å². The van der Waals surface area contributed by atoms with Crippen LogP contribution >= 0.6 is 0 Å². The highest BCUT2D eigenvalue weighted by molar-refractivity contribution is 5.97. The summed E-state index contributed by atoms with van der Waals surface area (Å²) in [4.78, 5) is 30.3. The highest BCUT2D eigenvalue weighted by Crippen LogP contribution is 2.34. The van der Waals surface area contributed by atoms with Crippen LogP contribution in [0.5, 0.6) is 0 Å². The van der Waals surface area contributed by atoms with Crippen LogP contribution in [0.4, 0.5) is 5.95 Å². The van der Waals surface area contributed by atoms with Gasteiger partial charge < -0.3 is 9.80 Å². The summed E-state index contributed by atoms with van der Waals surface area (Å²) in [5, 5.41) is 0. The molecule has 2 aromatic rings. The standard InChI is InChI=1S/C19H23N5O/c1-13(2)11-23-12-16-14(18(23)25)6-7-15(22-16)17-5-3-10-24(17)19-20-8-4-9-21-19/h4,6-9,13,17H,3,5,10-12H2,1-2H3/t17-/m0/s1. The summed E-state index contributed by atoms with van der Waals surface area (Å²) >= 11 is 0. The first-order valence-electron chi connectivity index (χ1n) is 8.96. The Morgan fingerprint density at radius 2 is 2.04 bits per heavy atom. The number of anilines is 1. The molecule has 0 saturated carbocycles. The number of rotatable bonds is 4. The van der Waals surface area contributed by atoms with Gasteiger partial charge in [0, 0.05) is 25.5 Å². The molecule has 6 heteroatoms. The molecule has 2 aliphatic rings.